The number of benzene rings is 3. The summed E-state index contributed by atoms with van der Waals surface area (Å²) in [5, 5.41) is 3.99. The number of halogens is 3. The number of anilines is 1. The number of hydrogen-bond acceptors (Lipinski definition) is 5. The zero-order valence-electron chi connectivity index (χ0n) is 23.8. The molecule has 0 bridgehead atoms. The first kappa shape index (κ1) is 33.5. The topological polar surface area (TPSA) is 96.0 Å². The van der Waals surface area contributed by atoms with Crippen molar-refractivity contribution >= 4 is 62.3 Å². The molecule has 0 heterocycles. The lowest BCUT2D eigenvalue weighted by Gasteiger charge is -2.32. The summed E-state index contributed by atoms with van der Waals surface area (Å²) in [6, 6.07) is 15.8. The van der Waals surface area contributed by atoms with Crippen LogP contribution in [0, 0.1) is 0 Å². The molecule has 0 aliphatic rings. The second-order valence-electron chi connectivity index (χ2n) is 9.64. The fourth-order valence-corrected chi connectivity index (χ4v) is 6.03. The van der Waals surface area contributed by atoms with Gasteiger partial charge in [-0.1, -0.05) is 47.8 Å². The van der Waals surface area contributed by atoms with Crippen molar-refractivity contribution in [2.24, 2.45) is 0 Å². The molecule has 12 heteroatoms. The summed E-state index contributed by atoms with van der Waals surface area (Å²) in [5.74, 6) is -0.444. The molecule has 2 amide bonds. The molecule has 0 aliphatic carbocycles. The van der Waals surface area contributed by atoms with Crippen molar-refractivity contribution in [3.8, 4) is 5.75 Å². The lowest BCUT2D eigenvalue weighted by atomic mass is 10.1. The molecule has 0 spiro atoms. The number of sulfonamides is 1. The first-order chi connectivity index (χ1) is 19.9. The number of carbonyl (C=O) groups is 2. The Morgan fingerprint density at radius 3 is 2.10 bits per heavy atom. The van der Waals surface area contributed by atoms with Crippen LogP contribution in [-0.2, 0) is 26.2 Å². The fraction of sp³-hybridized carbons (Fsp3) is 0.333. The van der Waals surface area contributed by atoms with Crippen molar-refractivity contribution in [3.05, 3.63) is 87.4 Å². The molecule has 0 radical (unpaired) electrons. The van der Waals surface area contributed by atoms with Crippen molar-refractivity contribution in [1.29, 1.82) is 0 Å². The molecular weight excluding hydrogens is 621 g/mol. The second-order valence-corrected chi connectivity index (χ2v) is 12.8. The van der Waals surface area contributed by atoms with E-state index in [1.54, 1.807) is 49.4 Å². The second kappa shape index (κ2) is 15.0. The monoisotopic (exact) mass is 653 g/mol. The van der Waals surface area contributed by atoms with Gasteiger partial charge in [0.2, 0.25) is 11.8 Å². The largest absolute Gasteiger partial charge is 0.494 e. The number of rotatable bonds is 13. The maximum absolute atomic E-state index is 14.0. The smallest absolute Gasteiger partial charge is 0.264 e. The lowest BCUT2D eigenvalue weighted by Crippen LogP contribution is -2.52. The number of nitrogens with zero attached hydrogens (tertiary/aromatic N) is 2. The van der Waals surface area contributed by atoms with E-state index >= 15 is 0 Å². The average molecular weight is 655 g/mol. The van der Waals surface area contributed by atoms with E-state index in [2.05, 4.69) is 5.32 Å². The van der Waals surface area contributed by atoms with E-state index in [0.717, 1.165) is 4.31 Å². The molecule has 3 rings (SSSR count). The van der Waals surface area contributed by atoms with Crippen LogP contribution in [0.1, 0.15) is 39.7 Å². The summed E-state index contributed by atoms with van der Waals surface area (Å²) in [6.07, 6.45) is 0.695. The van der Waals surface area contributed by atoms with Crippen LogP contribution in [0.2, 0.25) is 15.1 Å². The zero-order chi connectivity index (χ0) is 31.0. The number of hydrogen-bond donors (Lipinski definition) is 1. The van der Waals surface area contributed by atoms with Crippen LogP contribution >= 0.6 is 34.8 Å². The van der Waals surface area contributed by atoms with Crippen LogP contribution in [0.3, 0.4) is 0 Å². The van der Waals surface area contributed by atoms with Crippen LogP contribution in [-0.4, -0.2) is 50.4 Å². The summed E-state index contributed by atoms with van der Waals surface area (Å²) in [4.78, 5) is 28.5. The summed E-state index contributed by atoms with van der Waals surface area (Å²) in [7, 11) is -4.24. The van der Waals surface area contributed by atoms with Gasteiger partial charge in [-0.25, -0.2) is 8.42 Å². The van der Waals surface area contributed by atoms with Crippen LogP contribution in [0.5, 0.6) is 5.75 Å². The lowest BCUT2D eigenvalue weighted by molar-refractivity contribution is -0.139. The van der Waals surface area contributed by atoms with Gasteiger partial charge in [-0.3, -0.25) is 13.9 Å². The third kappa shape index (κ3) is 8.53. The highest BCUT2D eigenvalue weighted by Crippen LogP contribution is 2.28. The van der Waals surface area contributed by atoms with Gasteiger partial charge in [0.1, 0.15) is 18.3 Å². The van der Waals surface area contributed by atoms with E-state index in [9.17, 15) is 18.0 Å². The van der Waals surface area contributed by atoms with Crippen molar-refractivity contribution in [2.45, 2.75) is 57.6 Å². The van der Waals surface area contributed by atoms with Crippen molar-refractivity contribution in [2.75, 3.05) is 17.5 Å². The van der Waals surface area contributed by atoms with Gasteiger partial charge < -0.3 is 15.0 Å². The number of nitrogens with one attached hydrogen (secondary N) is 1. The molecule has 0 unspecified atom stereocenters. The predicted octanol–water partition coefficient (Wildman–Crippen LogP) is 6.57. The molecule has 0 fully saturated rings. The Hall–Kier alpha value is -2.98. The van der Waals surface area contributed by atoms with Crippen LogP contribution < -0.4 is 14.4 Å². The summed E-state index contributed by atoms with van der Waals surface area (Å²) in [6.45, 7) is 7.01. The standard InChI is InChI=1S/C30H34Cl3N3O5S/c1-5-20(3)34-30(38)21(4)35(18-22-7-8-24(32)17-28(22)33)29(37)19-36(25-11-13-26(14-12-25)41-6-2)42(39,40)27-15-9-23(31)10-16-27/h7-17,20-21H,5-6,18-19H2,1-4H3,(H,34,38)/t20-,21-/m0/s1. The van der Waals surface area contributed by atoms with Crippen molar-refractivity contribution in [3.63, 3.8) is 0 Å². The Balaban J connectivity index is 2.05. The normalized spacial score (nSPS) is 12.7. The molecule has 3 aromatic carbocycles. The molecule has 0 aliphatic heterocycles. The van der Waals surface area contributed by atoms with Crippen LogP contribution in [0.25, 0.3) is 0 Å². The van der Waals surface area contributed by atoms with E-state index in [-0.39, 0.29) is 29.1 Å². The molecule has 1 N–H and O–H groups in total. The molecule has 8 nitrogen and oxygen atoms in total. The molecule has 0 saturated heterocycles. The Bertz CT molecular complexity index is 1490. The van der Waals surface area contributed by atoms with E-state index in [1.807, 2.05) is 20.8 Å². The first-order valence-corrected chi connectivity index (χ1v) is 16.0. The van der Waals surface area contributed by atoms with E-state index < -0.39 is 28.5 Å². The average Bonchev–Trinajstić information content (AvgIpc) is 2.95. The third-order valence-electron chi connectivity index (χ3n) is 6.64. The number of ether oxygens (including phenoxy) is 1. The highest BCUT2D eigenvalue weighted by Gasteiger charge is 2.33. The van der Waals surface area contributed by atoms with Crippen molar-refractivity contribution in [1.82, 2.24) is 10.2 Å². The molecule has 2 atom stereocenters. The fourth-order valence-electron chi connectivity index (χ4n) is 4.02. The molecule has 0 saturated carbocycles. The molecular formula is C30H34Cl3N3O5S. The van der Waals surface area contributed by atoms with Gasteiger partial charge >= 0.3 is 0 Å². The van der Waals surface area contributed by atoms with Crippen LogP contribution in [0.4, 0.5) is 5.69 Å². The zero-order valence-corrected chi connectivity index (χ0v) is 26.9. The SMILES string of the molecule is CCOc1ccc(N(CC(=O)N(Cc2ccc(Cl)cc2Cl)[C@@H](C)C(=O)N[C@@H](C)CC)S(=O)(=O)c2ccc(Cl)cc2)cc1. The van der Waals surface area contributed by atoms with Gasteiger partial charge in [0.25, 0.3) is 10.0 Å². The highest BCUT2D eigenvalue weighted by molar-refractivity contribution is 7.92. The first-order valence-electron chi connectivity index (χ1n) is 13.4. The summed E-state index contributed by atoms with van der Waals surface area (Å²) >= 11 is 18.5. The van der Waals surface area contributed by atoms with E-state index in [1.165, 1.54) is 29.2 Å². The highest BCUT2D eigenvalue weighted by atomic mass is 35.5. The molecule has 3 aromatic rings. The third-order valence-corrected chi connectivity index (χ3v) is 9.27. The van der Waals surface area contributed by atoms with Gasteiger partial charge in [0.15, 0.2) is 0 Å². The molecule has 0 aromatic heterocycles. The molecule has 226 valence electrons. The Morgan fingerprint density at radius 1 is 0.905 bits per heavy atom. The minimum Gasteiger partial charge on any atom is -0.494 e. The summed E-state index contributed by atoms with van der Waals surface area (Å²) < 4.78 is 34.3. The number of amides is 2. The predicted molar refractivity (Wildman–Crippen MR) is 168 cm³/mol. The van der Waals surface area contributed by atoms with E-state index in [0.29, 0.717) is 39.4 Å². The minimum absolute atomic E-state index is 0.0524. The Labute approximate surface area is 262 Å². The van der Waals surface area contributed by atoms with E-state index in [4.69, 9.17) is 39.5 Å². The Kier molecular flexibility index (Phi) is 11.9. The minimum atomic E-state index is -4.24. The van der Waals surface area contributed by atoms with Gasteiger partial charge in [-0.15, -0.1) is 0 Å². The van der Waals surface area contributed by atoms with Crippen LogP contribution in [0.15, 0.2) is 71.6 Å². The summed E-state index contributed by atoms with van der Waals surface area (Å²) in [5.41, 5.74) is 0.786. The van der Waals surface area contributed by atoms with Crippen molar-refractivity contribution < 1.29 is 22.7 Å². The van der Waals surface area contributed by atoms with Gasteiger partial charge in [-0.2, -0.15) is 0 Å². The maximum atomic E-state index is 14.0. The molecule has 42 heavy (non-hydrogen) atoms. The van der Waals surface area contributed by atoms with Gasteiger partial charge in [0.05, 0.1) is 17.2 Å². The maximum Gasteiger partial charge on any atom is 0.264 e. The quantitative estimate of drug-likeness (QED) is 0.225. The van der Waals surface area contributed by atoms with Gasteiger partial charge in [-0.05, 0) is 93.4 Å². The Morgan fingerprint density at radius 2 is 1.52 bits per heavy atom. The van der Waals surface area contributed by atoms with Gasteiger partial charge in [0, 0.05) is 27.7 Å². The number of carbonyl (C=O) groups excluding carboxylic acids is 2.